The van der Waals surface area contributed by atoms with Crippen molar-refractivity contribution in [2.75, 3.05) is 0 Å². The van der Waals surface area contributed by atoms with Crippen LogP contribution in [0.15, 0.2) is 23.0 Å². The maximum absolute atomic E-state index is 11.9. The number of rotatable bonds is 2. The van der Waals surface area contributed by atoms with Crippen molar-refractivity contribution in [3.63, 3.8) is 0 Å². The standard InChI is InChI=1S/C11H11NO3Se/c1-6-3-4-8-9(5-6)16-12(10(8)13)7(2)11(14)15/h3-5,7H,1-2H3,(H,14,15)/t7-/m0/s1. The number of carbonyl (C=O) groups is 1. The van der Waals surface area contributed by atoms with Crippen molar-refractivity contribution < 1.29 is 9.90 Å². The molecule has 0 bridgehead atoms. The maximum atomic E-state index is 11.9. The van der Waals surface area contributed by atoms with Crippen molar-refractivity contribution in [2.45, 2.75) is 19.9 Å². The first-order valence-corrected chi connectivity index (χ1v) is 6.48. The van der Waals surface area contributed by atoms with E-state index in [-0.39, 0.29) is 20.3 Å². The predicted octanol–water partition coefficient (Wildman–Crippen LogP) is 1.01. The van der Waals surface area contributed by atoms with Crippen LogP contribution in [0.5, 0.6) is 0 Å². The van der Waals surface area contributed by atoms with Crippen LogP contribution >= 0.6 is 0 Å². The van der Waals surface area contributed by atoms with Crippen LogP contribution < -0.4 is 5.56 Å². The van der Waals surface area contributed by atoms with Gasteiger partial charge in [-0.1, -0.05) is 0 Å². The van der Waals surface area contributed by atoms with E-state index < -0.39 is 12.0 Å². The Morgan fingerprint density at radius 2 is 2.19 bits per heavy atom. The quantitative estimate of drug-likeness (QED) is 0.837. The second-order valence-electron chi connectivity index (χ2n) is 3.74. The van der Waals surface area contributed by atoms with Crippen molar-refractivity contribution in [1.29, 1.82) is 0 Å². The number of fused-ring (bicyclic) bond motifs is 1. The van der Waals surface area contributed by atoms with E-state index in [0.29, 0.717) is 5.39 Å². The van der Waals surface area contributed by atoms with Crippen LogP contribution in [0.25, 0.3) is 9.65 Å². The Morgan fingerprint density at radius 3 is 2.81 bits per heavy atom. The number of aryl methyl sites for hydroxylation is 1. The molecule has 1 atom stereocenters. The van der Waals surface area contributed by atoms with E-state index >= 15 is 0 Å². The van der Waals surface area contributed by atoms with Gasteiger partial charge in [-0.25, -0.2) is 0 Å². The fraction of sp³-hybridized carbons (Fsp3) is 0.273. The molecule has 0 spiro atoms. The van der Waals surface area contributed by atoms with Crippen molar-refractivity contribution in [2.24, 2.45) is 0 Å². The second-order valence-corrected chi connectivity index (χ2v) is 5.87. The van der Waals surface area contributed by atoms with E-state index in [1.165, 1.54) is 3.56 Å². The van der Waals surface area contributed by atoms with E-state index in [4.69, 9.17) is 5.11 Å². The Labute approximate surface area is 98.1 Å². The van der Waals surface area contributed by atoms with E-state index in [1.54, 1.807) is 13.0 Å². The van der Waals surface area contributed by atoms with Crippen LogP contribution in [0, 0.1) is 6.92 Å². The van der Waals surface area contributed by atoms with Gasteiger partial charge in [-0.15, -0.1) is 0 Å². The Morgan fingerprint density at radius 1 is 1.50 bits per heavy atom. The molecule has 84 valence electrons. The average Bonchev–Trinajstić information content (AvgIpc) is 2.54. The van der Waals surface area contributed by atoms with Crippen LogP contribution in [-0.4, -0.2) is 29.4 Å². The zero-order valence-electron chi connectivity index (χ0n) is 8.93. The summed E-state index contributed by atoms with van der Waals surface area (Å²) in [6.45, 7) is 3.50. The van der Waals surface area contributed by atoms with Crippen molar-refractivity contribution in [3.05, 3.63) is 34.1 Å². The minimum atomic E-state index is -0.959. The third-order valence-corrected chi connectivity index (χ3v) is 5.02. The van der Waals surface area contributed by atoms with Gasteiger partial charge in [0.05, 0.1) is 0 Å². The molecule has 2 rings (SSSR count). The third-order valence-electron chi connectivity index (χ3n) is 2.47. The summed E-state index contributed by atoms with van der Waals surface area (Å²) in [6, 6.07) is 4.87. The van der Waals surface area contributed by atoms with Gasteiger partial charge in [0.15, 0.2) is 0 Å². The molecule has 16 heavy (non-hydrogen) atoms. The first kappa shape index (κ1) is 11.2. The fourth-order valence-electron chi connectivity index (χ4n) is 1.50. The Kier molecular flexibility index (Phi) is 2.74. The van der Waals surface area contributed by atoms with Gasteiger partial charge < -0.3 is 0 Å². The third kappa shape index (κ3) is 1.72. The SMILES string of the molecule is Cc1ccc2c(=O)n([C@@H](C)C(=O)O)[se]c2c1. The first-order chi connectivity index (χ1) is 7.50. The number of hydrogen-bond acceptors (Lipinski definition) is 2. The number of carboxylic acids is 1. The van der Waals surface area contributed by atoms with Crippen molar-refractivity contribution in [3.8, 4) is 0 Å². The van der Waals surface area contributed by atoms with Crippen LogP contribution in [0.3, 0.4) is 0 Å². The van der Waals surface area contributed by atoms with Crippen LogP contribution in [0.4, 0.5) is 0 Å². The van der Waals surface area contributed by atoms with Crippen LogP contribution in [0.2, 0.25) is 0 Å². The molecule has 1 heterocycles. The number of carboxylic acid groups (broad SMARTS) is 1. The van der Waals surface area contributed by atoms with Gasteiger partial charge in [0.2, 0.25) is 0 Å². The predicted molar refractivity (Wildman–Crippen MR) is 62.2 cm³/mol. The summed E-state index contributed by atoms with van der Waals surface area (Å²) in [4.78, 5) is 22.8. The molecule has 1 aromatic carbocycles. The Balaban J connectivity index is 2.69. The van der Waals surface area contributed by atoms with Crippen molar-refractivity contribution >= 4 is 30.3 Å². The first-order valence-electron chi connectivity index (χ1n) is 4.85. The zero-order chi connectivity index (χ0) is 11.9. The number of aliphatic carboxylic acids is 1. The molecule has 0 fully saturated rings. The molecule has 1 N–H and O–H groups in total. The topological polar surface area (TPSA) is 59.3 Å². The molecule has 5 heteroatoms. The van der Waals surface area contributed by atoms with E-state index in [9.17, 15) is 9.59 Å². The molecule has 0 radical (unpaired) electrons. The van der Waals surface area contributed by atoms with Gasteiger partial charge in [-0.05, 0) is 0 Å². The number of hydrogen-bond donors (Lipinski definition) is 1. The molecular weight excluding hydrogens is 273 g/mol. The van der Waals surface area contributed by atoms with Crippen LogP contribution in [-0.2, 0) is 4.79 Å². The molecule has 2 aromatic rings. The Hall–Kier alpha value is -1.32. The van der Waals surface area contributed by atoms with E-state index in [1.807, 2.05) is 19.1 Å². The summed E-state index contributed by atoms with van der Waals surface area (Å²) in [5.41, 5.74) is 0.933. The van der Waals surface area contributed by atoms with Gasteiger partial charge >= 0.3 is 97.8 Å². The van der Waals surface area contributed by atoms with Crippen molar-refractivity contribution in [1.82, 2.24) is 3.56 Å². The summed E-state index contributed by atoms with van der Waals surface area (Å²) in [5, 5.41) is 9.56. The molecule has 0 aliphatic carbocycles. The van der Waals surface area contributed by atoms with E-state index in [2.05, 4.69) is 0 Å². The zero-order valence-corrected chi connectivity index (χ0v) is 10.6. The molecule has 0 aliphatic rings. The molecule has 0 unspecified atom stereocenters. The van der Waals surface area contributed by atoms with Gasteiger partial charge in [0, 0.05) is 0 Å². The molecule has 0 amide bonds. The summed E-state index contributed by atoms with van der Waals surface area (Å²) in [6.07, 6.45) is 0. The van der Waals surface area contributed by atoms with Crippen LogP contribution in [0.1, 0.15) is 18.5 Å². The summed E-state index contributed by atoms with van der Waals surface area (Å²) in [5.74, 6) is -0.959. The fourth-order valence-corrected chi connectivity index (χ4v) is 3.88. The monoisotopic (exact) mass is 285 g/mol. The molecule has 0 aliphatic heterocycles. The molecular formula is C11H11NO3Se. The summed E-state index contributed by atoms with van der Waals surface area (Å²) in [7, 11) is 0. The average molecular weight is 284 g/mol. The number of benzene rings is 1. The molecule has 1 aromatic heterocycles. The molecule has 0 saturated carbocycles. The van der Waals surface area contributed by atoms with Gasteiger partial charge in [0.1, 0.15) is 0 Å². The van der Waals surface area contributed by atoms with Gasteiger partial charge in [-0.3, -0.25) is 0 Å². The molecule has 4 nitrogen and oxygen atoms in total. The normalized spacial score (nSPS) is 12.9. The second kappa shape index (κ2) is 3.92. The van der Waals surface area contributed by atoms with Gasteiger partial charge in [0.25, 0.3) is 0 Å². The minimum absolute atomic E-state index is 0.162. The summed E-state index contributed by atoms with van der Waals surface area (Å²) >= 11 is -0.212. The number of nitrogens with zero attached hydrogens (tertiary/aromatic N) is 1. The summed E-state index contributed by atoms with van der Waals surface area (Å²) < 4.78 is 2.42. The molecule has 0 saturated heterocycles. The Bertz CT molecular complexity index is 611. The van der Waals surface area contributed by atoms with Gasteiger partial charge in [-0.2, -0.15) is 0 Å². The van der Waals surface area contributed by atoms with E-state index in [0.717, 1.165) is 9.82 Å². The number of aromatic nitrogens is 1.